The van der Waals surface area contributed by atoms with E-state index in [2.05, 4.69) is 48.3 Å². The molecule has 0 amide bonds. The molecule has 2 rings (SSSR count). The van der Waals surface area contributed by atoms with Crippen LogP contribution in [0.5, 0.6) is 0 Å². The molecule has 3 N–H and O–H groups in total. The number of aliphatic hydroxyl groups is 1. The van der Waals surface area contributed by atoms with Crippen molar-refractivity contribution in [3.63, 3.8) is 0 Å². The van der Waals surface area contributed by atoms with Gasteiger partial charge in [0, 0.05) is 33.5 Å². The normalized spacial score (nSPS) is 25.4. The number of nitrogens with one attached hydrogen (secondary N) is 2. The summed E-state index contributed by atoms with van der Waals surface area (Å²) in [6.45, 7) is 10.9. The standard InChI is InChI=1S/C28H51ClN4O6/c1-6-10-14-35-18-20-23(36-15-11-7-2)25(38-17-13-9-4)24(37-16-12-8-3)22(34)28(39-20)33-27-21(30-5)26(29)31-19-32-27/h19-20,22-25,28,30,34H,6-18H2,1-5H3,(H,31,32,33)/t20-,22-,23-,24+,25+,28-/m1/s1. The summed E-state index contributed by atoms with van der Waals surface area (Å²) in [7, 11) is 1.73. The van der Waals surface area contributed by atoms with Gasteiger partial charge in [0.2, 0.25) is 0 Å². The quantitative estimate of drug-likeness (QED) is 0.144. The zero-order valence-corrected chi connectivity index (χ0v) is 25.3. The maximum Gasteiger partial charge on any atom is 0.158 e. The molecule has 11 heteroatoms. The van der Waals surface area contributed by atoms with Gasteiger partial charge in [-0.3, -0.25) is 0 Å². The van der Waals surface area contributed by atoms with Crippen molar-refractivity contribution in [2.45, 2.75) is 116 Å². The molecule has 0 saturated carbocycles. The fourth-order valence-electron chi connectivity index (χ4n) is 4.32. The van der Waals surface area contributed by atoms with Crippen LogP contribution in [0.25, 0.3) is 0 Å². The second-order valence-electron chi connectivity index (χ2n) is 9.86. The predicted octanol–water partition coefficient (Wildman–Crippen LogP) is 5.04. The summed E-state index contributed by atoms with van der Waals surface area (Å²) in [5.41, 5.74) is 0.505. The summed E-state index contributed by atoms with van der Waals surface area (Å²) in [6, 6.07) is 0. The van der Waals surface area contributed by atoms with Crippen molar-refractivity contribution in [2.75, 3.05) is 50.7 Å². The highest BCUT2D eigenvalue weighted by Gasteiger charge is 2.48. The summed E-state index contributed by atoms with van der Waals surface area (Å²) in [6.07, 6.45) is 4.69. The number of halogens is 1. The van der Waals surface area contributed by atoms with Crippen LogP contribution in [0.15, 0.2) is 6.33 Å². The van der Waals surface area contributed by atoms with Crippen LogP contribution in [0.4, 0.5) is 11.5 Å². The second kappa shape index (κ2) is 19.7. The number of unbranched alkanes of at least 4 members (excludes halogenated alkanes) is 4. The van der Waals surface area contributed by atoms with Crippen LogP contribution in [0, 0.1) is 0 Å². The van der Waals surface area contributed by atoms with Gasteiger partial charge >= 0.3 is 0 Å². The Kier molecular flexibility index (Phi) is 17.2. The van der Waals surface area contributed by atoms with E-state index in [0.717, 1.165) is 51.4 Å². The lowest BCUT2D eigenvalue weighted by molar-refractivity contribution is -0.174. The maximum atomic E-state index is 11.8. The van der Waals surface area contributed by atoms with Crippen molar-refractivity contribution in [2.24, 2.45) is 0 Å². The van der Waals surface area contributed by atoms with E-state index in [1.54, 1.807) is 7.05 Å². The molecule has 1 saturated heterocycles. The fraction of sp³-hybridized carbons (Fsp3) is 0.857. The van der Waals surface area contributed by atoms with Crippen LogP contribution in [0.3, 0.4) is 0 Å². The summed E-state index contributed by atoms with van der Waals surface area (Å²) < 4.78 is 31.9. The van der Waals surface area contributed by atoms with E-state index < -0.39 is 36.7 Å². The molecule has 39 heavy (non-hydrogen) atoms. The number of rotatable bonds is 20. The van der Waals surface area contributed by atoms with Crippen molar-refractivity contribution in [3.8, 4) is 0 Å². The molecular formula is C28H51ClN4O6. The van der Waals surface area contributed by atoms with Crippen LogP contribution in [-0.2, 0) is 23.7 Å². The molecule has 1 aliphatic heterocycles. The first-order valence-corrected chi connectivity index (χ1v) is 15.1. The highest BCUT2D eigenvalue weighted by molar-refractivity contribution is 6.32. The van der Waals surface area contributed by atoms with E-state index in [4.69, 9.17) is 35.3 Å². The fourth-order valence-corrected chi connectivity index (χ4v) is 4.54. The molecule has 0 bridgehead atoms. The van der Waals surface area contributed by atoms with Crippen LogP contribution in [0.1, 0.15) is 79.1 Å². The van der Waals surface area contributed by atoms with Crippen molar-refractivity contribution in [1.82, 2.24) is 9.97 Å². The Morgan fingerprint density at radius 1 is 0.846 bits per heavy atom. The summed E-state index contributed by atoms with van der Waals surface area (Å²) >= 11 is 6.30. The Morgan fingerprint density at radius 3 is 2.00 bits per heavy atom. The molecular weight excluding hydrogens is 524 g/mol. The smallest absolute Gasteiger partial charge is 0.158 e. The topological polar surface area (TPSA) is 116 Å². The van der Waals surface area contributed by atoms with E-state index in [1.165, 1.54) is 6.33 Å². The van der Waals surface area contributed by atoms with Crippen molar-refractivity contribution >= 4 is 23.1 Å². The van der Waals surface area contributed by atoms with E-state index in [1.807, 2.05) is 0 Å². The van der Waals surface area contributed by atoms with Gasteiger partial charge in [0.15, 0.2) is 17.2 Å². The second-order valence-corrected chi connectivity index (χ2v) is 10.2. The third-order valence-electron chi connectivity index (χ3n) is 6.66. The van der Waals surface area contributed by atoms with Crippen LogP contribution >= 0.6 is 11.6 Å². The molecule has 0 aliphatic carbocycles. The van der Waals surface area contributed by atoms with E-state index in [-0.39, 0.29) is 5.15 Å². The van der Waals surface area contributed by atoms with E-state index in [0.29, 0.717) is 44.5 Å². The van der Waals surface area contributed by atoms with Gasteiger partial charge in [-0.15, -0.1) is 0 Å². The minimum Gasteiger partial charge on any atom is -0.386 e. The van der Waals surface area contributed by atoms with Gasteiger partial charge in [0.25, 0.3) is 0 Å². The van der Waals surface area contributed by atoms with Crippen LogP contribution < -0.4 is 10.6 Å². The average Bonchev–Trinajstić information content (AvgIpc) is 3.02. The lowest BCUT2D eigenvalue weighted by Crippen LogP contribution is -2.52. The minimum atomic E-state index is -1.09. The predicted molar refractivity (Wildman–Crippen MR) is 155 cm³/mol. The minimum absolute atomic E-state index is 0.259. The molecule has 1 aromatic heterocycles. The Morgan fingerprint density at radius 2 is 1.41 bits per heavy atom. The Balaban J connectivity index is 2.47. The first kappa shape index (κ1) is 33.9. The molecule has 6 atom stereocenters. The molecule has 0 radical (unpaired) electrons. The molecule has 0 unspecified atom stereocenters. The number of aromatic nitrogens is 2. The van der Waals surface area contributed by atoms with E-state index in [9.17, 15) is 5.11 Å². The average molecular weight is 575 g/mol. The SMILES string of the molecule is CCCCOC[C@H]1O[C@@H](Nc2ncnc(Cl)c2NC)[C@H](O)[C@H](OCCCC)[C@@H](OCCCC)[C@@H]1OCCCC. The van der Waals surface area contributed by atoms with Gasteiger partial charge < -0.3 is 39.4 Å². The molecule has 226 valence electrons. The largest absolute Gasteiger partial charge is 0.386 e. The summed E-state index contributed by atoms with van der Waals surface area (Å²) in [4.78, 5) is 8.40. The Hall–Kier alpha value is -1.27. The van der Waals surface area contributed by atoms with Gasteiger partial charge in [0.1, 0.15) is 42.5 Å². The Bertz CT molecular complexity index is 780. The number of hydrogen-bond donors (Lipinski definition) is 3. The number of ether oxygens (including phenoxy) is 5. The van der Waals surface area contributed by atoms with Gasteiger partial charge in [0.05, 0.1) is 6.61 Å². The maximum absolute atomic E-state index is 11.8. The molecule has 1 aromatic rings. The van der Waals surface area contributed by atoms with Gasteiger partial charge in [-0.25, -0.2) is 9.97 Å². The summed E-state index contributed by atoms with van der Waals surface area (Å²) in [5.74, 6) is 0.410. The molecule has 2 heterocycles. The van der Waals surface area contributed by atoms with Crippen molar-refractivity contribution < 1.29 is 28.8 Å². The molecule has 10 nitrogen and oxygen atoms in total. The first-order chi connectivity index (χ1) is 19.0. The zero-order chi connectivity index (χ0) is 28.5. The van der Waals surface area contributed by atoms with Gasteiger partial charge in [-0.2, -0.15) is 0 Å². The highest BCUT2D eigenvalue weighted by Crippen LogP contribution is 2.32. The lowest BCUT2D eigenvalue weighted by atomic mass is 9.99. The van der Waals surface area contributed by atoms with Gasteiger partial charge in [-0.1, -0.05) is 65.0 Å². The van der Waals surface area contributed by atoms with Crippen molar-refractivity contribution in [1.29, 1.82) is 0 Å². The molecule has 0 spiro atoms. The summed E-state index contributed by atoms with van der Waals surface area (Å²) in [5, 5.41) is 18.3. The van der Waals surface area contributed by atoms with Crippen LogP contribution in [0.2, 0.25) is 5.15 Å². The van der Waals surface area contributed by atoms with Crippen molar-refractivity contribution in [3.05, 3.63) is 11.5 Å². The lowest BCUT2D eigenvalue weighted by Gasteiger charge is -2.35. The number of hydrogen-bond acceptors (Lipinski definition) is 10. The monoisotopic (exact) mass is 574 g/mol. The van der Waals surface area contributed by atoms with E-state index >= 15 is 0 Å². The number of nitrogens with zero attached hydrogens (tertiary/aromatic N) is 2. The third kappa shape index (κ3) is 10.9. The molecule has 1 fully saturated rings. The Labute approximate surface area is 239 Å². The zero-order valence-electron chi connectivity index (χ0n) is 24.5. The van der Waals surface area contributed by atoms with Crippen LogP contribution in [-0.4, -0.2) is 91.9 Å². The molecule has 1 aliphatic rings. The highest BCUT2D eigenvalue weighted by atomic mass is 35.5. The van der Waals surface area contributed by atoms with Gasteiger partial charge in [-0.05, 0) is 25.7 Å². The third-order valence-corrected chi connectivity index (χ3v) is 6.95. The first-order valence-electron chi connectivity index (χ1n) is 14.7. The number of aliphatic hydroxyl groups excluding tert-OH is 1. The molecule has 0 aromatic carbocycles. The number of anilines is 2.